The molecule has 1 aliphatic heterocycles. The molecular weight excluding hydrogens is 424 g/mol. The van der Waals surface area contributed by atoms with Gasteiger partial charge >= 0.3 is 0 Å². The molecule has 0 aromatic carbocycles. The molecule has 10 unspecified atom stereocenters. The molecule has 3 rings (SSSR count). The second-order valence-corrected chi connectivity index (χ2v) is 11.4. The third-order valence-electron chi connectivity index (χ3n) is 8.95. The van der Waals surface area contributed by atoms with E-state index in [2.05, 4.69) is 27.0 Å². The molecule has 2 aliphatic carbocycles. The summed E-state index contributed by atoms with van der Waals surface area (Å²) in [7, 11) is 0. The van der Waals surface area contributed by atoms with Gasteiger partial charge in [-0.3, -0.25) is 0 Å². The van der Waals surface area contributed by atoms with E-state index in [0.717, 1.165) is 38.5 Å². The highest BCUT2D eigenvalue weighted by Crippen LogP contribution is 2.62. The second-order valence-electron chi connectivity index (χ2n) is 11.4. The van der Waals surface area contributed by atoms with Crippen molar-refractivity contribution < 1.29 is 35.0 Å². The Bertz CT molecular complexity index is 707. The van der Waals surface area contributed by atoms with Crippen LogP contribution in [0.4, 0.5) is 0 Å². The zero-order valence-electron chi connectivity index (χ0n) is 20.4. The highest BCUT2D eigenvalue weighted by atomic mass is 16.7. The van der Waals surface area contributed by atoms with Gasteiger partial charge in [-0.25, -0.2) is 0 Å². The van der Waals surface area contributed by atoms with Crippen LogP contribution in [0.15, 0.2) is 24.8 Å². The molecule has 0 aromatic rings. The summed E-state index contributed by atoms with van der Waals surface area (Å²) in [4.78, 5) is 0. The van der Waals surface area contributed by atoms with Crippen molar-refractivity contribution in [1.29, 1.82) is 0 Å². The number of rotatable bonds is 8. The van der Waals surface area contributed by atoms with E-state index >= 15 is 0 Å². The van der Waals surface area contributed by atoms with Crippen LogP contribution >= 0.6 is 0 Å². The molecule has 33 heavy (non-hydrogen) atoms. The molecule has 190 valence electrons. The molecule has 3 aliphatic rings. The van der Waals surface area contributed by atoms with Crippen LogP contribution in [0.25, 0.3) is 0 Å². The van der Waals surface area contributed by atoms with Gasteiger partial charge in [0.15, 0.2) is 6.29 Å². The molecule has 7 nitrogen and oxygen atoms in total. The molecule has 1 heterocycles. The van der Waals surface area contributed by atoms with Crippen LogP contribution < -0.4 is 0 Å². The van der Waals surface area contributed by atoms with Crippen LogP contribution in [0.2, 0.25) is 0 Å². The predicted molar refractivity (Wildman–Crippen MR) is 125 cm³/mol. The van der Waals surface area contributed by atoms with Crippen LogP contribution in [-0.4, -0.2) is 75.1 Å². The maximum atomic E-state index is 10.5. The van der Waals surface area contributed by atoms with E-state index in [1.54, 1.807) is 13.0 Å². The quantitative estimate of drug-likeness (QED) is 0.347. The van der Waals surface area contributed by atoms with Crippen molar-refractivity contribution in [1.82, 2.24) is 0 Å². The fourth-order valence-electron chi connectivity index (χ4n) is 6.81. The normalized spacial score (nSPS) is 45.8. The van der Waals surface area contributed by atoms with E-state index < -0.39 is 42.9 Å². The Labute approximate surface area is 198 Å². The first kappa shape index (κ1) is 26.8. The minimum absolute atomic E-state index is 0.0261. The van der Waals surface area contributed by atoms with Crippen LogP contribution in [-0.2, 0) is 9.47 Å². The highest BCUT2D eigenvalue weighted by molar-refractivity contribution is 5.16. The van der Waals surface area contributed by atoms with Gasteiger partial charge in [-0.15, -0.1) is 6.58 Å². The maximum absolute atomic E-state index is 10.5. The zero-order chi connectivity index (χ0) is 24.6. The van der Waals surface area contributed by atoms with E-state index in [0.29, 0.717) is 24.9 Å². The molecular formula is C26H44O7. The van der Waals surface area contributed by atoms with Crippen LogP contribution in [0.5, 0.6) is 0 Å². The lowest BCUT2D eigenvalue weighted by molar-refractivity contribution is -0.309. The summed E-state index contributed by atoms with van der Waals surface area (Å²) in [6.45, 7) is 14.4. The van der Waals surface area contributed by atoms with E-state index in [-0.39, 0.29) is 10.8 Å². The zero-order valence-corrected chi connectivity index (χ0v) is 20.4. The van der Waals surface area contributed by atoms with Crippen molar-refractivity contribution in [2.45, 2.75) is 102 Å². The van der Waals surface area contributed by atoms with Crippen LogP contribution in [0, 0.1) is 22.7 Å². The molecule has 10 atom stereocenters. The van der Waals surface area contributed by atoms with Gasteiger partial charge in [-0.05, 0) is 68.1 Å². The minimum atomic E-state index is -1.44. The van der Waals surface area contributed by atoms with E-state index in [4.69, 9.17) is 9.47 Å². The first-order chi connectivity index (χ1) is 15.4. The monoisotopic (exact) mass is 468 g/mol. The number of allylic oxidation sites excluding steroid dienone is 1. The summed E-state index contributed by atoms with van der Waals surface area (Å²) in [6.07, 6.45) is 1.87. The standard InChI is InChI=1S/C26H44O7/c1-6-25(4,31)13-10-17-16(2)8-9-19-24(3,11-7-12-26(17,19)5)15-32-23-22(30)21(29)20(28)18(14-27)33-23/h6,17-23,27-31H,1-2,7-15H2,3-5H3. The third kappa shape index (κ3) is 5.25. The molecule has 3 fully saturated rings. The van der Waals surface area contributed by atoms with Crippen LogP contribution in [0.1, 0.15) is 65.7 Å². The Kier molecular flexibility index (Phi) is 8.16. The van der Waals surface area contributed by atoms with Crippen molar-refractivity contribution in [3.63, 3.8) is 0 Å². The smallest absolute Gasteiger partial charge is 0.186 e. The number of aliphatic hydroxyl groups is 5. The predicted octanol–water partition coefficient (Wildman–Crippen LogP) is 2.30. The lowest BCUT2D eigenvalue weighted by Crippen LogP contribution is -2.60. The fraction of sp³-hybridized carbons (Fsp3) is 0.846. The van der Waals surface area contributed by atoms with Crippen molar-refractivity contribution in [2.75, 3.05) is 13.2 Å². The second kappa shape index (κ2) is 10.1. The summed E-state index contributed by atoms with van der Waals surface area (Å²) in [5, 5.41) is 50.5. The van der Waals surface area contributed by atoms with Crippen molar-refractivity contribution in [3.05, 3.63) is 24.8 Å². The summed E-state index contributed by atoms with van der Waals surface area (Å²) >= 11 is 0. The van der Waals surface area contributed by atoms with Gasteiger partial charge in [-0.2, -0.15) is 0 Å². The Morgan fingerprint density at radius 2 is 1.88 bits per heavy atom. The first-order valence-corrected chi connectivity index (χ1v) is 12.3. The van der Waals surface area contributed by atoms with Gasteiger partial charge in [-0.1, -0.05) is 38.5 Å². The fourth-order valence-corrected chi connectivity index (χ4v) is 6.81. The van der Waals surface area contributed by atoms with Crippen molar-refractivity contribution >= 4 is 0 Å². The SMILES string of the molecule is C=CC(C)(O)CCC1C(=C)CCC2C(C)(COC3OC(CO)C(O)C(O)C3O)CCCC12C. The highest BCUT2D eigenvalue weighted by Gasteiger charge is 2.55. The van der Waals surface area contributed by atoms with Gasteiger partial charge in [0.2, 0.25) is 0 Å². The summed E-state index contributed by atoms with van der Waals surface area (Å²) in [5.41, 5.74) is 0.227. The van der Waals surface area contributed by atoms with Gasteiger partial charge in [0.25, 0.3) is 0 Å². The number of hydrogen-bond acceptors (Lipinski definition) is 7. The van der Waals surface area contributed by atoms with Crippen molar-refractivity contribution in [3.8, 4) is 0 Å². The van der Waals surface area contributed by atoms with Gasteiger partial charge < -0.3 is 35.0 Å². The van der Waals surface area contributed by atoms with Gasteiger partial charge in [0.1, 0.15) is 24.4 Å². The molecule has 0 amide bonds. The maximum Gasteiger partial charge on any atom is 0.186 e. The Balaban J connectivity index is 1.74. The largest absolute Gasteiger partial charge is 0.394 e. The Hall–Kier alpha value is -0.800. The molecule has 1 saturated heterocycles. The van der Waals surface area contributed by atoms with Crippen LogP contribution in [0.3, 0.4) is 0 Å². The number of aliphatic hydroxyl groups excluding tert-OH is 4. The van der Waals surface area contributed by atoms with Crippen molar-refractivity contribution in [2.24, 2.45) is 22.7 Å². The average Bonchev–Trinajstić information content (AvgIpc) is 2.76. The van der Waals surface area contributed by atoms with E-state index in [9.17, 15) is 25.5 Å². The van der Waals surface area contributed by atoms with E-state index in [1.165, 1.54) is 5.57 Å². The number of fused-ring (bicyclic) bond motifs is 1. The molecule has 0 aromatic heterocycles. The molecule has 0 radical (unpaired) electrons. The minimum Gasteiger partial charge on any atom is -0.394 e. The molecule has 0 bridgehead atoms. The average molecular weight is 469 g/mol. The lowest BCUT2D eigenvalue weighted by atomic mass is 9.46. The number of ether oxygens (including phenoxy) is 2. The molecule has 2 saturated carbocycles. The molecule has 7 heteroatoms. The lowest BCUT2D eigenvalue weighted by Gasteiger charge is -2.59. The van der Waals surface area contributed by atoms with Gasteiger partial charge in [0, 0.05) is 0 Å². The summed E-state index contributed by atoms with van der Waals surface area (Å²) in [6, 6.07) is 0. The third-order valence-corrected chi connectivity index (χ3v) is 8.95. The van der Waals surface area contributed by atoms with Gasteiger partial charge in [0.05, 0.1) is 18.8 Å². The number of hydrogen-bond donors (Lipinski definition) is 5. The summed E-state index contributed by atoms with van der Waals surface area (Å²) < 4.78 is 11.6. The van der Waals surface area contributed by atoms with E-state index in [1.807, 2.05) is 0 Å². The topological polar surface area (TPSA) is 120 Å². The Morgan fingerprint density at radius 3 is 2.52 bits per heavy atom. The Morgan fingerprint density at radius 1 is 1.18 bits per heavy atom. The molecule has 5 N–H and O–H groups in total. The summed E-state index contributed by atoms with van der Waals surface area (Å²) in [5.74, 6) is 0.669. The molecule has 0 spiro atoms. The first-order valence-electron chi connectivity index (χ1n) is 12.3.